The van der Waals surface area contributed by atoms with Gasteiger partial charge < -0.3 is 0 Å². The average Bonchev–Trinajstić information content (AvgIpc) is 2.50. The van der Waals surface area contributed by atoms with E-state index in [1.165, 1.54) is 0 Å². The molecule has 12 heteroatoms. The summed E-state index contributed by atoms with van der Waals surface area (Å²) >= 11 is 0. The van der Waals surface area contributed by atoms with Gasteiger partial charge in [-0.15, -0.1) is 0 Å². The SMILES string of the molecule is FC(F)(F)C1=CC=CC(c2cccc(C(F)(F)F)c2C(F)(F)F)(C(F)(F)F)C1. The highest BCUT2D eigenvalue weighted by Gasteiger charge is 2.60. The van der Waals surface area contributed by atoms with Gasteiger partial charge in [0, 0.05) is 5.57 Å². The predicted molar refractivity (Wildman–Crippen MR) is 72.1 cm³/mol. The first-order chi connectivity index (χ1) is 12.4. The quantitative estimate of drug-likeness (QED) is 0.424. The number of hydrogen-bond acceptors (Lipinski definition) is 0. The summed E-state index contributed by atoms with van der Waals surface area (Å²) in [5.74, 6) is 0. The monoisotopic (exact) mass is 428 g/mol. The molecule has 0 amide bonds. The Kier molecular flexibility index (Phi) is 5.10. The molecule has 28 heavy (non-hydrogen) atoms. The van der Waals surface area contributed by atoms with Gasteiger partial charge in [-0.1, -0.05) is 30.4 Å². The summed E-state index contributed by atoms with van der Waals surface area (Å²) in [6.45, 7) is 0. The van der Waals surface area contributed by atoms with Crippen LogP contribution in [0.1, 0.15) is 23.1 Å². The average molecular weight is 428 g/mol. The first-order valence-corrected chi connectivity index (χ1v) is 7.21. The van der Waals surface area contributed by atoms with Crippen LogP contribution in [0.15, 0.2) is 42.0 Å². The molecule has 156 valence electrons. The van der Waals surface area contributed by atoms with Crippen molar-refractivity contribution >= 4 is 0 Å². The zero-order valence-electron chi connectivity index (χ0n) is 13.2. The Hall–Kier alpha value is -2.14. The van der Waals surface area contributed by atoms with Crippen molar-refractivity contribution in [3.63, 3.8) is 0 Å². The van der Waals surface area contributed by atoms with E-state index < -0.39 is 58.8 Å². The van der Waals surface area contributed by atoms with Crippen LogP contribution in [0.3, 0.4) is 0 Å². The molecule has 0 aromatic heterocycles. The summed E-state index contributed by atoms with van der Waals surface area (Å²) in [6.07, 6.45) is -24.2. The summed E-state index contributed by atoms with van der Waals surface area (Å²) in [5.41, 5.74) is -12.8. The molecule has 0 heterocycles. The molecule has 0 bridgehead atoms. The number of hydrogen-bond donors (Lipinski definition) is 0. The molecule has 0 aliphatic heterocycles. The predicted octanol–water partition coefficient (Wildman–Crippen LogP) is 6.97. The lowest BCUT2D eigenvalue weighted by atomic mass is 9.69. The Labute approximate surface area is 149 Å². The van der Waals surface area contributed by atoms with Crippen molar-refractivity contribution in [3.8, 4) is 0 Å². The molecular formula is C16H8F12. The van der Waals surface area contributed by atoms with Crippen molar-refractivity contribution in [2.45, 2.75) is 36.5 Å². The van der Waals surface area contributed by atoms with Gasteiger partial charge in [0.25, 0.3) is 0 Å². The minimum absolute atomic E-state index is 0.00691. The first-order valence-electron chi connectivity index (χ1n) is 7.21. The summed E-state index contributed by atoms with van der Waals surface area (Å²) in [7, 11) is 0. The van der Waals surface area contributed by atoms with E-state index in [1.54, 1.807) is 0 Å². The molecule has 0 N–H and O–H groups in total. The van der Waals surface area contributed by atoms with Gasteiger partial charge in [0.05, 0.1) is 11.1 Å². The molecule has 0 nitrogen and oxygen atoms in total. The van der Waals surface area contributed by atoms with Gasteiger partial charge in [-0.25, -0.2) is 0 Å². The highest BCUT2D eigenvalue weighted by molar-refractivity contribution is 5.50. The summed E-state index contributed by atoms with van der Waals surface area (Å²) in [6, 6.07) is 0.318. The largest absolute Gasteiger partial charge is 0.417 e. The molecule has 1 aromatic carbocycles. The Bertz CT molecular complexity index is 801. The molecule has 2 rings (SSSR count). The fraction of sp³-hybridized carbons (Fsp3) is 0.375. The van der Waals surface area contributed by atoms with Gasteiger partial charge >= 0.3 is 24.7 Å². The lowest BCUT2D eigenvalue weighted by molar-refractivity contribution is -0.186. The van der Waals surface area contributed by atoms with E-state index in [-0.39, 0.29) is 30.4 Å². The van der Waals surface area contributed by atoms with Crippen molar-refractivity contribution in [2.75, 3.05) is 0 Å². The molecular weight excluding hydrogens is 420 g/mol. The van der Waals surface area contributed by atoms with E-state index in [0.717, 1.165) is 0 Å². The zero-order chi connectivity index (χ0) is 21.8. The van der Waals surface area contributed by atoms with E-state index in [9.17, 15) is 52.7 Å². The zero-order valence-corrected chi connectivity index (χ0v) is 13.2. The van der Waals surface area contributed by atoms with E-state index in [0.29, 0.717) is 6.07 Å². The van der Waals surface area contributed by atoms with Crippen molar-refractivity contribution in [1.29, 1.82) is 0 Å². The van der Waals surface area contributed by atoms with Crippen molar-refractivity contribution < 1.29 is 52.7 Å². The van der Waals surface area contributed by atoms with Crippen LogP contribution in [0.4, 0.5) is 52.7 Å². The fourth-order valence-corrected chi connectivity index (χ4v) is 2.94. The van der Waals surface area contributed by atoms with Gasteiger partial charge in [-0.2, -0.15) is 52.7 Å². The summed E-state index contributed by atoms with van der Waals surface area (Å²) in [5, 5.41) is 0. The fourth-order valence-electron chi connectivity index (χ4n) is 2.94. The molecule has 1 aliphatic rings. The summed E-state index contributed by atoms with van der Waals surface area (Å²) in [4.78, 5) is 0. The number of alkyl halides is 12. The lowest BCUT2D eigenvalue weighted by Gasteiger charge is -2.38. The molecule has 0 saturated heterocycles. The second-order valence-corrected chi connectivity index (χ2v) is 5.92. The Morgan fingerprint density at radius 2 is 1.29 bits per heavy atom. The number of halogens is 12. The molecule has 1 unspecified atom stereocenters. The van der Waals surface area contributed by atoms with Crippen LogP contribution >= 0.6 is 0 Å². The molecule has 0 saturated carbocycles. The van der Waals surface area contributed by atoms with E-state index in [2.05, 4.69) is 0 Å². The van der Waals surface area contributed by atoms with Gasteiger partial charge in [-0.3, -0.25) is 0 Å². The Balaban J connectivity index is 2.89. The maximum absolute atomic E-state index is 13.7. The molecule has 1 atom stereocenters. The van der Waals surface area contributed by atoms with Gasteiger partial charge in [0.1, 0.15) is 5.41 Å². The number of benzene rings is 1. The highest BCUT2D eigenvalue weighted by Crippen LogP contribution is 2.55. The third-order valence-electron chi connectivity index (χ3n) is 4.15. The second-order valence-electron chi connectivity index (χ2n) is 5.92. The maximum atomic E-state index is 13.7. The van der Waals surface area contributed by atoms with Crippen LogP contribution in [-0.4, -0.2) is 12.4 Å². The normalized spacial score (nSPS) is 21.6. The lowest BCUT2D eigenvalue weighted by Crippen LogP contribution is -2.45. The Morgan fingerprint density at radius 3 is 1.71 bits per heavy atom. The number of rotatable bonds is 1. The topological polar surface area (TPSA) is 0 Å². The Morgan fingerprint density at radius 1 is 0.714 bits per heavy atom. The van der Waals surface area contributed by atoms with E-state index in [4.69, 9.17) is 0 Å². The molecule has 1 aliphatic carbocycles. The van der Waals surface area contributed by atoms with Crippen molar-refractivity contribution in [2.24, 2.45) is 0 Å². The maximum Gasteiger partial charge on any atom is 0.417 e. The van der Waals surface area contributed by atoms with Crippen molar-refractivity contribution in [1.82, 2.24) is 0 Å². The van der Waals surface area contributed by atoms with Crippen LogP contribution in [0.2, 0.25) is 0 Å². The van der Waals surface area contributed by atoms with Crippen molar-refractivity contribution in [3.05, 3.63) is 58.7 Å². The van der Waals surface area contributed by atoms with Crippen LogP contribution in [0, 0.1) is 0 Å². The van der Waals surface area contributed by atoms with Crippen LogP contribution < -0.4 is 0 Å². The standard InChI is InChI=1S/C16H8F12/c17-13(18,19)8-3-2-6-12(7-8,16(26,27)28)9-4-1-5-10(14(20,21)22)11(9)15(23,24)25/h1-6H,7H2. The van der Waals surface area contributed by atoms with Gasteiger partial charge in [0.15, 0.2) is 0 Å². The molecule has 0 fully saturated rings. The first kappa shape index (κ1) is 22.2. The highest BCUT2D eigenvalue weighted by atomic mass is 19.4. The minimum Gasteiger partial charge on any atom is -0.170 e. The number of allylic oxidation sites excluding steroid dienone is 4. The van der Waals surface area contributed by atoms with E-state index >= 15 is 0 Å². The van der Waals surface area contributed by atoms with Crippen LogP contribution in [0.5, 0.6) is 0 Å². The van der Waals surface area contributed by atoms with E-state index in [1.807, 2.05) is 0 Å². The van der Waals surface area contributed by atoms with Gasteiger partial charge in [-0.05, 0) is 18.1 Å². The molecule has 0 radical (unpaired) electrons. The van der Waals surface area contributed by atoms with Gasteiger partial charge in [0.2, 0.25) is 0 Å². The van der Waals surface area contributed by atoms with Crippen LogP contribution in [-0.2, 0) is 17.8 Å². The molecule has 0 spiro atoms. The molecule has 1 aromatic rings. The van der Waals surface area contributed by atoms with Crippen LogP contribution in [0.25, 0.3) is 0 Å². The second kappa shape index (κ2) is 6.45. The third-order valence-corrected chi connectivity index (χ3v) is 4.15. The summed E-state index contributed by atoms with van der Waals surface area (Å²) < 4.78 is 159. The third kappa shape index (κ3) is 3.86. The smallest absolute Gasteiger partial charge is 0.170 e. The minimum atomic E-state index is -5.91.